The van der Waals surface area contributed by atoms with Gasteiger partial charge in [-0.1, -0.05) is 0 Å². The number of carbonyl (C=O) groups excluding carboxylic acids is 1. The molecule has 9 heteroatoms. The van der Waals surface area contributed by atoms with Gasteiger partial charge in [0.25, 0.3) is 0 Å². The SMILES string of the molecule is Cc1cc2nc(-c3ccc(NCOCOC(=O)c4ccco4)cc3)nn2[nH]1. The zero-order valence-corrected chi connectivity index (χ0v) is 14.5. The number of rotatable bonds is 7. The van der Waals surface area contributed by atoms with Gasteiger partial charge in [0.2, 0.25) is 5.76 Å². The van der Waals surface area contributed by atoms with Crippen LogP contribution in [0.1, 0.15) is 16.2 Å². The van der Waals surface area contributed by atoms with Crippen LogP contribution in [-0.4, -0.2) is 39.3 Å². The predicted molar refractivity (Wildman–Crippen MR) is 96.1 cm³/mol. The highest BCUT2D eigenvalue weighted by molar-refractivity contribution is 5.86. The molecule has 4 aromatic rings. The van der Waals surface area contributed by atoms with Gasteiger partial charge in [0.1, 0.15) is 6.73 Å². The number of nitrogens with one attached hydrogen (secondary N) is 2. The molecule has 2 N–H and O–H groups in total. The average molecular weight is 367 g/mol. The Morgan fingerprint density at radius 2 is 2.15 bits per heavy atom. The van der Waals surface area contributed by atoms with Crippen LogP contribution in [0.25, 0.3) is 17.0 Å². The third kappa shape index (κ3) is 3.82. The van der Waals surface area contributed by atoms with Gasteiger partial charge >= 0.3 is 5.97 Å². The summed E-state index contributed by atoms with van der Waals surface area (Å²) < 4.78 is 16.7. The van der Waals surface area contributed by atoms with Crippen LogP contribution >= 0.6 is 0 Å². The van der Waals surface area contributed by atoms with E-state index >= 15 is 0 Å². The van der Waals surface area contributed by atoms with Crippen molar-refractivity contribution in [2.75, 3.05) is 18.8 Å². The van der Waals surface area contributed by atoms with Crippen LogP contribution in [0.15, 0.2) is 53.1 Å². The Labute approximate surface area is 153 Å². The van der Waals surface area contributed by atoms with Gasteiger partial charge in [-0.05, 0) is 43.3 Å². The highest BCUT2D eigenvalue weighted by Gasteiger charge is 2.10. The second-order valence-electron chi connectivity index (χ2n) is 5.77. The summed E-state index contributed by atoms with van der Waals surface area (Å²) in [6.45, 7) is 1.97. The second kappa shape index (κ2) is 7.34. The lowest BCUT2D eigenvalue weighted by molar-refractivity contribution is -0.0280. The quantitative estimate of drug-likeness (QED) is 0.294. The summed E-state index contributed by atoms with van der Waals surface area (Å²) in [7, 11) is 0. The Morgan fingerprint density at radius 3 is 2.89 bits per heavy atom. The molecule has 0 aliphatic rings. The molecular formula is C18H17N5O4. The molecule has 0 amide bonds. The first-order valence-electron chi connectivity index (χ1n) is 8.24. The van der Waals surface area contributed by atoms with E-state index in [2.05, 4.69) is 20.5 Å². The number of esters is 1. The number of anilines is 1. The molecule has 0 saturated heterocycles. The van der Waals surface area contributed by atoms with Gasteiger partial charge in [-0.3, -0.25) is 5.10 Å². The summed E-state index contributed by atoms with van der Waals surface area (Å²) in [4.78, 5) is 16.0. The van der Waals surface area contributed by atoms with Crippen LogP contribution in [-0.2, 0) is 9.47 Å². The maximum absolute atomic E-state index is 11.5. The number of aromatic amines is 1. The van der Waals surface area contributed by atoms with Crippen LogP contribution in [0.4, 0.5) is 5.69 Å². The van der Waals surface area contributed by atoms with Crippen molar-refractivity contribution in [2.45, 2.75) is 6.92 Å². The molecular weight excluding hydrogens is 350 g/mol. The lowest BCUT2D eigenvalue weighted by Crippen LogP contribution is -2.12. The van der Waals surface area contributed by atoms with Crippen molar-refractivity contribution in [3.63, 3.8) is 0 Å². The van der Waals surface area contributed by atoms with E-state index < -0.39 is 5.97 Å². The molecule has 4 rings (SSSR count). The summed E-state index contributed by atoms with van der Waals surface area (Å²) in [5.41, 5.74) is 3.55. The maximum Gasteiger partial charge on any atom is 0.376 e. The predicted octanol–water partition coefficient (Wildman–Crippen LogP) is 2.83. The summed E-state index contributed by atoms with van der Waals surface area (Å²) >= 11 is 0. The number of benzene rings is 1. The van der Waals surface area contributed by atoms with Crippen molar-refractivity contribution >= 4 is 17.3 Å². The summed E-state index contributed by atoms with van der Waals surface area (Å²) in [5, 5.41) is 10.6. The lowest BCUT2D eigenvalue weighted by atomic mass is 10.2. The number of aryl methyl sites for hydroxylation is 1. The molecule has 3 heterocycles. The molecule has 3 aromatic heterocycles. The molecule has 138 valence electrons. The zero-order chi connectivity index (χ0) is 18.6. The first-order chi connectivity index (χ1) is 13.2. The number of H-pyrrole nitrogens is 1. The van der Waals surface area contributed by atoms with Gasteiger partial charge in [0, 0.05) is 23.0 Å². The maximum atomic E-state index is 11.5. The second-order valence-corrected chi connectivity index (χ2v) is 5.77. The van der Waals surface area contributed by atoms with E-state index in [1.807, 2.05) is 37.3 Å². The van der Waals surface area contributed by atoms with E-state index in [1.54, 1.807) is 10.7 Å². The number of carbonyl (C=O) groups is 1. The van der Waals surface area contributed by atoms with Crippen molar-refractivity contribution < 1.29 is 18.7 Å². The highest BCUT2D eigenvalue weighted by atomic mass is 16.7. The third-order valence-electron chi connectivity index (χ3n) is 3.78. The van der Waals surface area contributed by atoms with Crippen LogP contribution in [0.2, 0.25) is 0 Å². The minimum atomic E-state index is -0.566. The van der Waals surface area contributed by atoms with E-state index in [4.69, 9.17) is 13.9 Å². The topological polar surface area (TPSA) is 107 Å². The standard InChI is InChI=1S/C18H17N5O4/c1-12-9-16-20-17(22-23(16)21-12)13-4-6-14(7-5-13)19-10-25-11-27-18(24)15-3-2-8-26-15/h2-9,19,21H,10-11H2,1H3. The molecule has 0 radical (unpaired) electrons. The number of hydrogen-bond donors (Lipinski definition) is 2. The van der Waals surface area contributed by atoms with Gasteiger partial charge in [-0.15, -0.1) is 5.10 Å². The summed E-state index contributed by atoms with van der Waals surface area (Å²) in [6.07, 6.45) is 1.41. The molecule has 27 heavy (non-hydrogen) atoms. The van der Waals surface area contributed by atoms with Crippen molar-refractivity contribution in [2.24, 2.45) is 0 Å². The van der Waals surface area contributed by atoms with Crippen LogP contribution < -0.4 is 5.32 Å². The fourth-order valence-corrected chi connectivity index (χ4v) is 2.49. The fourth-order valence-electron chi connectivity index (χ4n) is 2.49. The number of ether oxygens (including phenoxy) is 2. The van der Waals surface area contributed by atoms with Gasteiger partial charge < -0.3 is 19.2 Å². The molecule has 0 unspecified atom stereocenters. The molecule has 0 bridgehead atoms. The molecule has 9 nitrogen and oxygen atoms in total. The molecule has 0 aliphatic heterocycles. The smallest absolute Gasteiger partial charge is 0.376 e. The first kappa shape index (κ1) is 16.9. The Morgan fingerprint density at radius 1 is 1.30 bits per heavy atom. The molecule has 0 spiro atoms. The minimum absolute atomic E-state index is 0.141. The van der Waals surface area contributed by atoms with Crippen molar-refractivity contribution in [1.82, 2.24) is 19.8 Å². The number of aromatic nitrogens is 4. The third-order valence-corrected chi connectivity index (χ3v) is 3.78. The summed E-state index contributed by atoms with van der Waals surface area (Å²) in [6, 6.07) is 12.7. The zero-order valence-electron chi connectivity index (χ0n) is 14.5. The number of fused-ring (bicyclic) bond motifs is 1. The van der Waals surface area contributed by atoms with Gasteiger partial charge in [-0.25, -0.2) is 9.78 Å². The van der Waals surface area contributed by atoms with Gasteiger partial charge in [0.15, 0.2) is 18.3 Å². The average Bonchev–Trinajstić information content (AvgIpc) is 3.38. The Balaban J connectivity index is 1.25. The molecule has 0 atom stereocenters. The normalized spacial score (nSPS) is 11.0. The monoisotopic (exact) mass is 367 g/mol. The molecule has 0 aliphatic carbocycles. The van der Waals surface area contributed by atoms with Crippen LogP contribution in [0, 0.1) is 6.92 Å². The first-order valence-corrected chi connectivity index (χ1v) is 8.24. The Kier molecular flexibility index (Phi) is 4.58. The van der Waals surface area contributed by atoms with Crippen molar-refractivity contribution in [3.05, 3.63) is 60.2 Å². The van der Waals surface area contributed by atoms with Crippen molar-refractivity contribution in [1.29, 1.82) is 0 Å². The van der Waals surface area contributed by atoms with E-state index in [1.165, 1.54) is 12.3 Å². The summed E-state index contributed by atoms with van der Waals surface area (Å²) in [5.74, 6) is 0.221. The lowest BCUT2D eigenvalue weighted by Gasteiger charge is -2.08. The molecule has 0 fully saturated rings. The minimum Gasteiger partial charge on any atom is -0.457 e. The van der Waals surface area contributed by atoms with E-state index in [0.29, 0.717) is 5.82 Å². The number of furan rings is 1. The number of nitrogens with zero attached hydrogens (tertiary/aromatic N) is 3. The van der Waals surface area contributed by atoms with E-state index in [-0.39, 0.29) is 19.3 Å². The van der Waals surface area contributed by atoms with Crippen LogP contribution in [0.5, 0.6) is 0 Å². The van der Waals surface area contributed by atoms with Crippen molar-refractivity contribution in [3.8, 4) is 11.4 Å². The van der Waals surface area contributed by atoms with Crippen LogP contribution in [0.3, 0.4) is 0 Å². The Bertz CT molecular complexity index is 1000. The van der Waals surface area contributed by atoms with E-state index in [0.717, 1.165) is 22.6 Å². The fraction of sp³-hybridized carbons (Fsp3) is 0.167. The number of hydrogen-bond acceptors (Lipinski definition) is 7. The van der Waals surface area contributed by atoms with Gasteiger partial charge in [0.05, 0.1) is 6.26 Å². The largest absolute Gasteiger partial charge is 0.457 e. The van der Waals surface area contributed by atoms with E-state index in [9.17, 15) is 4.79 Å². The highest BCUT2D eigenvalue weighted by Crippen LogP contribution is 2.19. The molecule has 0 saturated carbocycles. The molecule has 1 aromatic carbocycles. The van der Waals surface area contributed by atoms with Gasteiger partial charge in [-0.2, -0.15) is 4.63 Å². The Hall–Kier alpha value is -3.59.